The lowest BCUT2D eigenvalue weighted by atomic mass is 10.1. The molecular weight excluding hydrogens is 410 g/mol. The first kappa shape index (κ1) is 21.1. The molecule has 0 spiro atoms. The van der Waals surface area contributed by atoms with E-state index in [4.69, 9.17) is 14.7 Å². The topological polar surface area (TPSA) is 95.8 Å². The lowest BCUT2D eigenvalue weighted by molar-refractivity contribution is -0.134. The number of rotatable bonds is 6. The molecule has 5 heterocycles. The SMILES string of the molecule is CC(=O)N1CCN(c2cnc3c(c2)nc2n3CCN(C(=O)CCOCC3CCN3)C2)CC1. The maximum atomic E-state index is 12.6. The first-order valence-corrected chi connectivity index (χ1v) is 11.5. The van der Waals surface area contributed by atoms with Gasteiger partial charge in [-0.2, -0.15) is 0 Å². The summed E-state index contributed by atoms with van der Waals surface area (Å²) in [6, 6.07) is 2.53. The Bertz CT molecular complexity index is 995. The summed E-state index contributed by atoms with van der Waals surface area (Å²) in [5.41, 5.74) is 2.76. The predicted octanol–water partition coefficient (Wildman–Crippen LogP) is 0.211. The minimum atomic E-state index is 0.113. The summed E-state index contributed by atoms with van der Waals surface area (Å²) in [5.74, 6) is 1.12. The van der Waals surface area contributed by atoms with Crippen molar-refractivity contribution in [3.8, 4) is 0 Å². The number of hydrogen-bond acceptors (Lipinski definition) is 7. The van der Waals surface area contributed by atoms with Crippen LogP contribution >= 0.6 is 0 Å². The van der Waals surface area contributed by atoms with Crippen molar-refractivity contribution < 1.29 is 14.3 Å². The molecule has 5 rings (SSSR count). The standard InChI is InChI=1S/C22H31N7O3/c1-16(30)26-5-7-27(8-6-26)18-12-19-22(24-13-18)29-10-9-28(14-20(29)25-19)21(31)3-11-32-15-17-2-4-23-17/h12-13,17,23H,2-11,14-15H2,1H3. The number of hydrogen-bond donors (Lipinski definition) is 1. The van der Waals surface area contributed by atoms with Crippen molar-refractivity contribution in [3.63, 3.8) is 0 Å². The Kier molecular flexibility index (Phi) is 5.97. The summed E-state index contributed by atoms with van der Waals surface area (Å²) in [7, 11) is 0. The van der Waals surface area contributed by atoms with Gasteiger partial charge in [0.25, 0.3) is 0 Å². The zero-order chi connectivity index (χ0) is 22.1. The molecular formula is C22H31N7O3. The number of fused-ring (bicyclic) bond motifs is 3. The maximum Gasteiger partial charge on any atom is 0.225 e. The smallest absolute Gasteiger partial charge is 0.225 e. The van der Waals surface area contributed by atoms with Gasteiger partial charge in [-0.1, -0.05) is 0 Å². The summed E-state index contributed by atoms with van der Waals surface area (Å²) < 4.78 is 7.76. The maximum absolute atomic E-state index is 12.6. The van der Waals surface area contributed by atoms with Crippen LogP contribution in [0.3, 0.4) is 0 Å². The molecule has 2 aromatic rings. The molecule has 0 aliphatic carbocycles. The Hall–Kier alpha value is -2.72. The van der Waals surface area contributed by atoms with Crippen molar-refractivity contribution >= 4 is 28.7 Å². The van der Waals surface area contributed by atoms with Crippen LogP contribution in [-0.4, -0.2) is 94.7 Å². The highest BCUT2D eigenvalue weighted by atomic mass is 16.5. The fourth-order valence-electron chi connectivity index (χ4n) is 4.57. The van der Waals surface area contributed by atoms with E-state index < -0.39 is 0 Å². The average Bonchev–Trinajstić information content (AvgIpc) is 3.14. The molecule has 1 unspecified atom stereocenters. The second kappa shape index (κ2) is 9.03. The minimum Gasteiger partial charge on any atom is -0.379 e. The van der Waals surface area contributed by atoms with E-state index in [-0.39, 0.29) is 11.8 Å². The van der Waals surface area contributed by atoms with Crippen molar-refractivity contribution in [2.75, 3.05) is 57.4 Å². The number of nitrogens with zero attached hydrogens (tertiary/aromatic N) is 6. The van der Waals surface area contributed by atoms with Crippen molar-refractivity contribution in [3.05, 3.63) is 18.1 Å². The highest BCUT2D eigenvalue weighted by Crippen LogP contribution is 2.24. The largest absolute Gasteiger partial charge is 0.379 e. The highest BCUT2D eigenvalue weighted by Gasteiger charge is 2.25. The Morgan fingerprint density at radius 2 is 1.94 bits per heavy atom. The summed E-state index contributed by atoms with van der Waals surface area (Å²) >= 11 is 0. The molecule has 32 heavy (non-hydrogen) atoms. The first-order chi connectivity index (χ1) is 15.6. The normalized spacial score (nSPS) is 20.9. The molecule has 1 N–H and O–H groups in total. The Morgan fingerprint density at radius 3 is 2.66 bits per heavy atom. The number of imidazole rings is 1. The summed E-state index contributed by atoms with van der Waals surface area (Å²) in [5, 5.41) is 3.30. The van der Waals surface area contributed by atoms with Crippen LogP contribution in [-0.2, 0) is 27.4 Å². The third-order valence-electron chi connectivity index (χ3n) is 6.72. The van der Waals surface area contributed by atoms with E-state index in [1.54, 1.807) is 6.92 Å². The lowest BCUT2D eigenvalue weighted by Crippen LogP contribution is -2.48. The van der Waals surface area contributed by atoms with Crippen molar-refractivity contribution in [2.24, 2.45) is 0 Å². The number of piperazine rings is 1. The van der Waals surface area contributed by atoms with E-state index in [9.17, 15) is 9.59 Å². The molecule has 0 bridgehead atoms. The van der Waals surface area contributed by atoms with Gasteiger partial charge in [0.15, 0.2) is 5.65 Å². The van der Waals surface area contributed by atoms with Crippen LogP contribution in [0.4, 0.5) is 5.69 Å². The van der Waals surface area contributed by atoms with Gasteiger partial charge in [-0.3, -0.25) is 9.59 Å². The number of amides is 2. The van der Waals surface area contributed by atoms with Crippen molar-refractivity contribution in [1.82, 2.24) is 29.7 Å². The molecule has 3 aliphatic heterocycles. The van der Waals surface area contributed by atoms with E-state index in [0.29, 0.717) is 45.3 Å². The van der Waals surface area contributed by atoms with E-state index in [1.807, 2.05) is 16.0 Å². The molecule has 10 nitrogen and oxygen atoms in total. The van der Waals surface area contributed by atoms with Gasteiger partial charge in [-0.15, -0.1) is 0 Å². The highest BCUT2D eigenvalue weighted by molar-refractivity contribution is 5.78. The van der Waals surface area contributed by atoms with E-state index in [0.717, 1.165) is 61.8 Å². The molecule has 10 heteroatoms. The van der Waals surface area contributed by atoms with E-state index >= 15 is 0 Å². The number of carbonyl (C=O) groups is 2. The van der Waals surface area contributed by atoms with Crippen LogP contribution in [0.25, 0.3) is 11.2 Å². The summed E-state index contributed by atoms with van der Waals surface area (Å²) in [6.45, 7) is 8.74. The first-order valence-electron chi connectivity index (χ1n) is 11.5. The van der Waals surface area contributed by atoms with Gasteiger partial charge < -0.3 is 29.3 Å². The van der Waals surface area contributed by atoms with Crippen molar-refractivity contribution in [2.45, 2.75) is 38.9 Å². The third-order valence-corrected chi connectivity index (χ3v) is 6.72. The number of aromatic nitrogens is 3. The zero-order valence-electron chi connectivity index (χ0n) is 18.6. The van der Waals surface area contributed by atoms with Gasteiger partial charge >= 0.3 is 0 Å². The molecule has 2 saturated heterocycles. The zero-order valence-corrected chi connectivity index (χ0v) is 18.6. The quantitative estimate of drug-likeness (QED) is 0.641. The molecule has 2 fully saturated rings. The van der Waals surface area contributed by atoms with Gasteiger partial charge in [-0.25, -0.2) is 9.97 Å². The number of anilines is 1. The van der Waals surface area contributed by atoms with Crippen LogP contribution in [0.15, 0.2) is 12.3 Å². The molecule has 172 valence electrons. The van der Waals surface area contributed by atoms with E-state index in [1.165, 1.54) is 0 Å². The number of ether oxygens (including phenoxy) is 1. The van der Waals surface area contributed by atoms with Gasteiger partial charge in [-0.05, 0) is 19.0 Å². The van der Waals surface area contributed by atoms with Gasteiger partial charge in [0.2, 0.25) is 11.8 Å². The predicted molar refractivity (Wildman–Crippen MR) is 119 cm³/mol. The van der Waals surface area contributed by atoms with Crippen LogP contribution in [0, 0.1) is 0 Å². The fraction of sp³-hybridized carbons (Fsp3) is 0.636. The second-order valence-corrected chi connectivity index (χ2v) is 8.79. The lowest BCUT2D eigenvalue weighted by Gasteiger charge is -2.35. The van der Waals surface area contributed by atoms with E-state index in [2.05, 4.69) is 20.9 Å². The van der Waals surface area contributed by atoms with Gasteiger partial charge in [0, 0.05) is 52.2 Å². The average molecular weight is 442 g/mol. The number of nitrogens with one attached hydrogen (secondary N) is 1. The molecule has 0 aromatic carbocycles. The molecule has 2 aromatic heterocycles. The third kappa shape index (κ3) is 4.29. The van der Waals surface area contributed by atoms with Gasteiger partial charge in [0.05, 0.1) is 38.1 Å². The van der Waals surface area contributed by atoms with Crippen LogP contribution < -0.4 is 10.2 Å². The molecule has 1 atom stereocenters. The Balaban J connectivity index is 1.20. The Morgan fingerprint density at radius 1 is 1.16 bits per heavy atom. The van der Waals surface area contributed by atoms with Crippen LogP contribution in [0.1, 0.15) is 25.6 Å². The summed E-state index contributed by atoms with van der Waals surface area (Å²) in [6.07, 6.45) is 3.45. The van der Waals surface area contributed by atoms with Crippen LogP contribution in [0.5, 0.6) is 0 Å². The monoisotopic (exact) mass is 441 g/mol. The van der Waals surface area contributed by atoms with Crippen LogP contribution in [0.2, 0.25) is 0 Å². The fourth-order valence-corrected chi connectivity index (χ4v) is 4.57. The Labute approximate surface area is 187 Å². The van der Waals surface area contributed by atoms with Crippen molar-refractivity contribution in [1.29, 1.82) is 0 Å². The molecule has 2 amide bonds. The number of pyridine rings is 1. The van der Waals surface area contributed by atoms with Gasteiger partial charge in [0.1, 0.15) is 11.3 Å². The minimum absolute atomic E-state index is 0.113. The second-order valence-electron chi connectivity index (χ2n) is 8.79. The molecule has 0 saturated carbocycles. The summed E-state index contributed by atoms with van der Waals surface area (Å²) in [4.78, 5) is 39.7. The number of carbonyl (C=O) groups excluding carboxylic acids is 2. The molecule has 0 radical (unpaired) electrons. The molecule has 3 aliphatic rings.